The molecule has 1 fully saturated rings. The van der Waals surface area contributed by atoms with E-state index in [9.17, 15) is 4.79 Å². The summed E-state index contributed by atoms with van der Waals surface area (Å²) in [7, 11) is 0. The monoisotopic (exact) mass is 265 g/mol. The smallest absolute Gasteiger partial charge is 0.247 e. The van der Waals surface area contributed by atoms with Gasteiger partial charge in [-0.3, -0.25) is 4.79 Å². The van der Waals surface area contributed by atoms with E-state index in [1.165, 1.54) is 6.33 Å². The van der Waals surface area contributed by atoms with Crippen LogP contribution in [0.5, 0.6) is 0 Å². The molecular formula is C13H23N5O. The molecule has 106 valence electrons. The summed E-state index contributed by atoms with van der Waals surface area (Å²) in [6.07, 6.45) is 5.23. The molecule has 1 aromatic heterocycles. The summed E-state index contributed by atoms with van der Waals surface area (Å²) in [5.41, 5.74) is 0. The van der Waals surface area contributed by atoms with E-state index in [0.29, 0.717) is 5.92 Å². The SMILES string of the molecule is CCNCC1CCN(C(=O)C(C)n2cncn2)CC1. The Morgan fingerprint density at radius 3 is 2.79 bits per heavy atom. The summed E-state index contributed by atoms with van der Waals surface area (Å²) >= 11 is 0. The zero-order valence-corrected chi connectivity index (χ0v) is 11.7. The van der Waals surface area contributed by atoms with Crippen molar-refractivity contribution in [1.82, 2.24) is 25.0 Å². The van der Waals surface area contributed by atoms with Crippen LogP contribution in [0, 0.1) is 5.92 Å². The molecule has 1 saturated heterocycles. The molecule has 1 unspecified atom stereocenters. The van der Waals surface area contributed by atoms with Crippen molar-refractivity contribution in [2.45, 2.75) is 32.7 Å². The highest BCUT2D eigenvalue weighted by molar-refractivity contribution is 5.80. The number of aromatic nitrogens is 3. The van der Waals surface area contributed by atoms with Gasteiger partial charge >= 0.3 is 0 Å². The van der Waals surface area contributed by atoms with Crippen LogP contribution in [-0.4, -0.2) is 51.8 Å². The number of rotatable bonds is 5. The molecule has 1 N–H and O–H groups in total. The summed E-state index contributed by atoms with van der Waals surface area (Å²) in [6, 6.07) is -0.257. The molecule has 0 aromatic carbocycles. The van der Waals surface area contributed by atoms with Gasteiger partial charge in [0, 0.05) is 13.1 Å². The second-order valence-electron chi connectivity index (χ2n) is 5.13. The number of likely N-dealkylation sites (tertiary alicyclic amines) is 1. The molecule has 2 rings (SSSR count). The minimum atomic E-state index is -0.257. The van der Waals surface area contributed by atoms with Crippen molar-refractivity contribution in [3.63, 3.8) is 0 Å². The number of piperidine rings is 1. The number of hydrogen-bond acceptors (Lipinski definition) is 4. The van der Waals surface area contributed by atoms with Gasteiger partial charge in [0.25, 0.3) is 0 Å². The quantitative estimate of drug-likeness (QED) is 0.850. The second kappa shape index (κ2) is 6.65. The molecule has 0 bridgehead atoms. The third-order valence-corrected chi connectivity index (χ3v) is 3.80. The molecule has 6 heteroatoms. The molecule has 1 aliphatic heterocycles. The Morgan fingerprint density at radius 2 is 2.21 bits per heavy atom. The molecule has 6 nitrogen and oxygen atoms in total. The van der Waals surface area contributed by atoms with Crippen molar-refractivity contribution >= 4 is 5.91 Å². The van der Waals surface area contributed by atoms with Crippen LogP contribution < -0.4 is 5.32 Å². The van der Waals surface area contributed by atoms with Crippen molar-refractivity contribution in [1.29, 1.82) is 0 Å². The van der Waals surface area contributed by atoms with Gasteiger partial charge in [0.2, 0.25) is 5.91 Å². The predicted molar refractivity (Wildman–Crippen MR) is 72.6 cm³/mol. The average molecular weight is 265 g/mol. The lowest BCUT2D eigenvalue weighted by Crippen LogP contribution is -2.43. The van der Waals surface area contributed by atoms with Crippen molar-refractivity contribution in [2.75, 3.05) is 26.2 Å². The summed E-state index contributed by atoms with van der Waals surface area (Å²) in [5.74, 6) is 0.845. The number of nitrogens with zero attached hydrogens (tertiary/aromatic N) is 4. The summed E-state index contributed by atoms with van der Waals surface area (Å²) in [6.45, 7) is 7.79. The Morgan fingerprint density at radius 1 is 1.47 bits per heavy atom. The lowest BCUT2D eigenvalue weighted by Gasteiger charge is -2.33. The number of carbonyl (C=O) groups is 1. The van der Waals surface area contributed by atoms with Gasteiger partial charge in [-0.2, -0.15) is 5.10 Å². The number of amides is 1. The Hall–Kier alpha value is -1.43. The third-order valence-electron chi connectivity index (χ3n) is 3.80. The van der Waals surface area contributed by atoms with Gasteiger partial charge in [-0.05, 0) is 38.8 Å². The summed E-state index contributed by atoms with van der Waals surface area (Å²) in [5, 5.41) is 7.42. The van der Waals surface area contributed by atoms with Crippen molar-refractivity contribution < 1.29 is 4.79 Å². The first-order chi connectivity index (χ1) is 9.22. The first-order valence-electron chi connectivity index (χ1n) is 7.06. The number of hydrogen-bond donors (Lipinski definition) is 1. The van der Waals surface area contributed by atoms with E-state index < -0.39 is 0 Å². The van der Waals surface area contributed by atoms with E-state index in [0.717, 1.165) is 39.0 Å². The van der Waals surface area contributed by atoms with Gasteiger partial charge in [-0.15, -0.1) is 0 Å². The van der Waals surface area contributed by atoms with Crippen LogP contribution in [-0.2, 0) is 4.79 Å². The fourth-order valence-electron chi connectivity index (χ4n) is 2.50. The van der Waals surface area contributed by atoms with Gasteiger partial charge in [-0.25, -0.2) is 9.67 Å². The van der Waals surface area contributed by atoms with E-state index >= 15 is 0 Å². The van der Waals surface area contributed by atoms with Crippen LogP contribution in [0.3, 0.4) is 0 Å². The summed E-state index contributed by atoms with van der Waals surface area (Å²) < 4.78 is 1.62. The molecule has 0 saturated carbocycles. The molecular weight excluding hydrogens is 242 g/mol. The standard InChI is InChI=1S/C13H23N5O/c1-3-14-8-12-4-6-17(7-5-12)13(19)11(2)18-10-15-9-16-18/h9-12,14H,3-8H2,1-2H3. The highest BCUT2D eigenvalue weighted by Gasteiger charge is 2.26. The number of nitrogens with one attached hydrogen (secondary N) is 1. The third kappa shape index (κ3) is 3.53. The minimum absolute atomic E-state index is 0.146. The van der Waals surface area contributed by atoms with Crippen LogP contribution >= 0.6 is 0 Å². The van der Waals surface area contributed by atoms with E-state index in [-0.39, 0.29) is 11.9 Å². The topological polar surface area (TPSA) is 63.1 Å². The van der Waals surface area contributed by atoms with Crippen LogP contribution in [0.25, 0.3) is 0 Å². The van der Waals surface area contributed by atoms with E-state index in [2.05, 4.69) is 22.3 Å². The largest absolute Gasteiger partial charge is 0.341 e. The molecule has 1 aromatic rings. The van der Waals surface area contributed by atoms with Gasteiger partial charge in [0.1, 0.15) is 18.7 Å². The zero-order chi connectivity index (χ0) is 13.7. The molecule has 1 amide bonds. The van der Waals surface area contributed by atoms with Crippen molar-refractivity contribution in [3.8, 4) is 0 Å². The van der Waals surface area contributed by atoms with Crippen LogP contribution in [0.15, 0.2) is 12.7 Å². The fraction of sp³-hybridized carbons (Fsp3) is 0.769. The minimum Gasteiger partial charge on any atom is -0.341 e. The lowest BCUT2D eigenvalue weighted by molar-refractivity contribution is -0.136. The highest BCUT2D eigenvalue weighted by atomic mass is 16.2. The van der Waals surface area contributed by atoms with E-state index in [1.807, 2.05) is 11.8 Å². The maximum atomic E-state index is 12.3. The Balaban J connectivity index is 1.82. The van der Waals surface area contributed by atoms with Crippen LogP contribution in [0.4, 0.5) is 0 Å². The second-order valence-corrected chi connectivity index (χ2v) is 5.13. The van der Waals surface area contributed by atoms with Crippen molar-refractivity contribution in [2.24, 2.45) is 5.92 Å². The van der Waals surface area contributed by atoms with Gasteiger partial charge in [0.05, 0.1) is 0 Å². The highest BCUT2D eigenvalue weighted by Crippen LogP contribution is 2.19. The molecule has 0 aliphatic carbocycles. The predicted octanol–water partition coefficient (Wildman–Crippen LogP) is 0.687. The lowest BCUT2D eigenvalue weighted by atomic mass is 9.96. The summed E-state index contributed by atoms with van der Waals surface area (Å²) in [4.78, 5) is 18.2. The van der Waals surface area contributed by atoms with E-state index in [4.69, 9.17) is 0 Å². The van der Waals surface area contributed by atoms with Gasteiger partial charge in [0.15, 0.2) is 0 Å². The Labute approximate surface area is 114 Å². The Kier molecular flexibility index (Phi) is 4.90. The number of carbonyl (C=O) groups excluding carboxylic acids is 1. The fourth-order valence-corrected chi connectivity index (χ4v) is 2.50. The van der Waals surface area contributed by atoms with Crippen molar-refractivity contribution in [3.05, 3.63) is 12.7 Å². The average Bonchev–Trinajstić information content (AvgIpc) is 2.98. The molecule has 19 heavy (non-hydrogen) atoms. The van der Waals surface area contributed by atoms with Crippen LogP contribution in [0.1, 0.15) is 32.7 Å². The van der Waals surface area contributed by atoms with E-state index in [1.54, 1.807) is 11.0 Å². The zero-order valence-electron chi connectivity index (χ0n) is 11.7. The molecule has 2 heterocycles. The molecule has 0 radical (unpaired) electrons. The molecule has 0 spiro atoms. The van der Waals surface area contributed by atoms with Gasteiger partial charge < -0.3 is 10.2 Å². The maximum absolute atomic E-state index is 12.3. The Bertz CT molecular complexity index is 384. The van der Waals surface area contributed by atoms with Gasteiger partial charge in [-0.1, -0.05) is 6.92 Å². The molecule has 1 aliphatic rings. The molecule has 1 atom stereocenters. The normalized spacial score (nSPS) is 18.5. The first-order valence-corrected chi connectivity index (χ1v) is 7.06. The first kappa shape index (κ1) is 14.0. The van der Waals surface area contributed by atoms with Crippen LogP contribution in [0.2, 0.25) is 0 Å². The maximum Gasteiger partial charge on any atom is 0.247 e.